The lowest BCUT2D eigenvalue weighted by Gasteiger charge is -2.20. The van der Waals surface area contributed by atoms with Crippen molar-refractivity contribution in [3.8, 4) is 84.8 Å². The SMILES string of the molecule is Oc1c(O)c(O)c2c(oc3c(O)c(O)c(-c4ccc(-c5c6ccccc6c(-c6ccccc6-c6ccccc6)c6ccccc56)cc4)c(O)c32)c1O. The van der Waals surface area contributed by atoms with Gasteiger partial charge in [-0.1, -0.05) is 127 Å². The number of rotatable bonds is 4. The number of furan rings is 1. The van der Waals surface area contributed by atoms with Gasteiger partial charge in [0, 0.05) is 0 Å². The molecule has 8 aromatic carbocycles. The van der Waals surface area contributed by atoms with E-state index in [1.807, 2.05) is 54.6 Å². The summed E-state index contributed by atoms with van der Waals surface area (Å²) in [7, 11) is 0. The predicted octanol–water partition coefficient (Wildman–Crippen LogP) is 10.5. The van der Waals surface area contributed by atoms with Crippen LogP contribution in [0.1, 0.15) is 0 Å². The predicted molar refractivity (Wildman–Crippen MR) is 202 cm³/mol. The van der Waals surface area contributed by atoms with Crippen LogP contribution < -0.4 is 0 Å². The quantitative estimate of drug-likeness (QED) is 0.0549. The summed E-state index contributed by atoms with van der Waals surface area (Å²) in [6.45, 7) is 0. The van der Waals surface area contributed by atoms with E-state index >= 15 is 0 Å². The molecule has 8 heteroatoms. The monoisotopic (exact) mass is 684 g/mol. The Morgan fingerprint density at radius 1 is 0.288 bits per heavy atom. The fourth-order valence-electron chi connectivity index (χ4n) is 7.51. The maximum absolute atomic E-state index is 11.5. The zero-order valence-corrected chi connectivity index (χ0v) is 27.2. The zero-order chi connectivity index (χ0) is 35.8. The summed E-state index contributed by atoms with van der Waals surface area (Å²) in [6, 6.07) is 42.4. The van der Waals surface area contributed by atoms with E-state index in [2.05, 4.69) is 60.7 Å². The summed E-state index contributed by atoms with van der Waals surface area (Å²) >= 11 is 0. The first-order valence-electron chi connectivity index (χ1n) is 16.4. The Kier molecular flexibility index (Phi) is 6.71. The minimum atomic E-state index is -1.04. The van der Waals surface area contributed by atoms with Crippen LogP contribution in [0, 0.1) is 0 Å². The summed E-state index contributed by atoms with van der Waals surface area (Å²) in [5.74, 6) is -5.96. The van der Waals surface area contributed by atoms with Crippen LogP contribution in [0.5, 0.6) is 40.2 Å². The Morgan fingerprint density at radius 3 is 1.29 bits per heavy atom. The maximum Gasteiger partial charge on any atom is 0.208 e. The van der Waals surface area contributed by atoms with Crippen molar-refractivity contribution in [3.05, 3.63) is 127 Å². The molecule has 0 saturated carbocycles. The number of phenolic OH excluding ortho intramolecular Hbond substituents is 7. The molecule has 0 saturated heterocycles. The number of hydrogen-bond acceptors (Lipinski definition) is 8. The van der Waals surface area contributed by atoms with E-state index in [4.69, 9.17) is 4.42 Å². The zero-order valence-electron chi connectivity index (χ0n) is 27.2. The van der Waals surface area contributed by atoms with Crippen molar-refractivity contribution in [2.75, 3.05) is 0 Å². The van der Waals surface area contributed by atoms with Crippen LogP contribution in [-0.4, -0.2) is 35.7 Å². The third-order valence-electron chi connectivity index (χ3n) is 9.86. The van der Waals surface area contributed by atoms with Gasteiger partial charge < -0.3 is 40.2 Å². The van der Waals surface area contributed by atoms with E-state index in [1.165, 1.54) is 0 Å². The standard InChI is InChI=1S/C44H28O8/c45-36-32(37(46)41(50)43-34(36)35-38(47)39(48)40(49)42(51)44(35)52-43)24-20-18-23(19-21-24)31-27-14-6-8-16-29(27)33(30-17-9-7-15-28(30)31)26-13-5-4-12-25(26)22-10-2-1-3-11-22/h1-21,45-51H. The first-order chi connectivity index (χ1) is 25.3. The Bertz CT molecular complexity index is 2850. The molecule has 52 heavy (non-hydrogen) atoms. The third kappa shape index (κ3) is 4.28. The summed E-state index contributed by atoms with van der Waals surface area (Å²) in [5, 5.41) is 78.5. The molecule has 9 rings (SSSR count). The van der Waals surface area contributed by atoms with Gasteiger partial charge in [-0.3, -0.25) is 0 Å². The van der Waals surface area contributed by atoms with Gasteiger partial charge in [0.15, 0.2) is 22.7 Å². The van der Waals surface area contributed by atoms with Crippen LogP contribution in [0.2, 0.25) is 0 Å². The molecular formula is C44H28O8. The van der Waals surface area contributed by atoms with Crippen molar-refractivity contribution in [2.24, 2.45) is 0 Å². The van der Waals surface area contributed by atoms with Gasteiger partial charge in [-0.15, -0.1) is 0 Å². The highest BCUT2D eigenvalue weighted by Gasteiger charge is 2.31. The molecule has 0 bridgehead atoms. The average Bonchev–Trinajstić information content (AvgIpc) is 3.60. The van der Waals surface area contributed by atoms with Gasteiger partial charge in [0.1, 0.15) is 5.75 Å². The lowest BCUT2D eigenvalue weighted by Crippen LogP contribution is -1.92. The maximum atomic E-state index is 11.5. The molecule has 0 fully saturated rings. The molecule has 0 radical (unpaired) electrons. The number of hydrogen-bond donors (Lipinski definition) is 7. The molecular weight excluding hydrogens is 656 g/mol. The largest absolute Gasteiger partial charge is 0.506 e. The lowest BCUT2D eigenvalue weighted by molar-refractivity contribution is 0.348. The van der Waals surface area contributed by atoms with Gasteiger partial charge in [0.25, 0.3) is 0 Å². The smallest absolute Gasteiger partial charge is 0.208 e. The molecule has 0 aliphatic rings. The molecule has 1 heterocycles. The number of benzene rings is 8. The minimum absolute atomic E-state index is 0.173. The van der Waals surface area contributed by atoms with E-state index in [-0.39, 0.29) is 16.3 Å². The van der Waals surface area contributed by atoms with E-state index in [1.54, 1.807) is 12.1 Å². The van der Waals surface area contributed by atoms with Gasteiger partial charge in [-0.2, -0.15) is 0 Å². The number of phenols is 7. The minimum Gasteiger partial charge on any atom is -0.506 e. The van der Waals surface area contributed by atoms with E-state index in [9.17, 15) is 35.7 Å². The Morgan fingerprint density at radius 2 is 0.712 bits per heavy atom. The molecule has 0 aliphatic carbocycles. The molecule has 0 aliphatic heterocycles. The van der Waals surface area contributed by atoms with Crippen LogP contribution >= 0.6 is 0 Å². The first-order valence-corrected chi connectivity index (χ1v) is 16.4. The molecule has 1 aromatic heterocycles. The normalized spacial score (nSPS) is 11.6. The van der Waals surface area contributed by atoms with E-state index in [0.717, 1.165) is 54.9 Å². The third-order valence-corrected chi connectivity index (χ3v) is 9.86. The second kappa shape index (κ2) is 11.4. The molecule has 7 N–H and O–H groups in total. The molecule has 0 spiro atoms. The Hall–Kier alpha value is -7.32. The fourth-order valence-corrected chi connectivity index (χ4v) is 7.51. The highest BCUT2D eigenvalue weighted by atomic mass is 16.4. The molecule has 0 unspecified atom stereocenters. The van der Waals surface area contributed by atoms with Crippen LogP contribution in [0.25, 0.3) is 88.0 Å². The molecule has 9 aromatic rings. The van der Waals surface area contributed by atoms with Crippen LogP contribution in [-0.2, 0) is 0 Å². The van der Waals surface area contributed by atoms with Crippen molar-refractivity contribution < 1.29 is 40.2 Å². The van der Waals surface area contributed by atoms with Gasteiger partial charge in [-0.25, -0.2) is 0 Å². The summed E-state index contributed by atoms with van der Waals surface area (Å²) in [6.07, 6.45) is 0. The van der Waals surface area contributed by atoms with Gasteiger partial charge in [-0.05, 0) is 60.5 Å². The van der Waals surface area contributed by atoms with Crippen molar-refractivity contribution >= 4 is 43.5 Å². The summed E-state index contributed by atoms with van der Waals surface area (Å²) < 4.78 is 5.46. The molecule has 0 atom stereocenters. The van der Waals surface area contributed by atoms with Gasteiger partial charge >= 0.3 is 0 Å². The average molecular weight is 685 g/mol. The summed E-state index contributed by atoms with van der Waals surface area (Å²) in [4.78, 5) is 0. The Labute approximate surface area is 295 Å². The van der Waals surface area contributed by atoms with Gasteiger partial charge in [0.05, 0.1) is 16.3 Å². The molecule has 8 nitrogen and oxygen atoms in total. The fraction of sp³-hybridized carbons (Fsp3) is 0. The highest BCUT2D eigenvalue weighted by Crippen LogP contribution is 2.58. The highest BCUT2D eigenvalue weighted by molar-refractivity contribution is 6.23. The number of aromatic hydroxyl groups is 7. The Balaban J connectivity index is 1.26. The second-order valence-electron chi connectivity index (χ2n) is 12.7. The van der Waals surface area contributed by atoms with Crippen molar-refractivity contribution in [2.45, 2.75) is 0 Å². The first kappa shape index (κ1) is 30.7. The molecule has 252 valence electrons. The molecule has 0 amide bonds. The van der Waals surface area contributed by atoms with Crippen molar-refractivity contribution in [1.82, 2.24) is 0 Å². The lowest BCUT2D eigenvalue weighted by atomic mass is 9.83. The van der Waals surface area contributed by atoms with E-state index < -0.39 is 51.4 Å². The second-order valence-corrected chi connectivity index (χ2v) is 12.7. The topological polar surface area (TPSA) is 155 Å². The number of fused-ring (bicyclic) bond motifs is 5. The van der Waals surface area contributed by atoms with Crippen molar-refractivity contribution in [3.63, 3.8) is 0 Å². The van der Waals surface area contributed by atoms with E-state index in [0.29, 0.717) is 5.56 Å². The summed E-state index contributed by atoms with van der Waals surface area (Å²) in [5.41, 5.74) is 5.49. The van der Waals surface area contributed by atoms with Crippen LogP contribution in [0.3, 0.4) is 0 Å². The van der Waals surface area contributed by atoms with Gasteiger partial charge in [0.2, 0.25) is 23.0 Å². The van der Waals surface area contributed by atoms with Crippen molar-refractivity contribution in [1.29, 1.82) is 0 Å². The van der Waals surface area contributed by atoms with Crippen LogP contribution in [0.15, 0.2) is 132 Å². The van der Waals surface area contributed by atoms with Crippen LogP contribution in [0.4, 0.5) is 0 Å².